The lowest BCUT2D eigenvalue weighted by Crippen LogP contribution is -2.26. The second-order valence-electron chi connectivity index (χ2n) is 5.81. The number of hydrogen-bond donors (Lipinski definition) is 1. The maximum Gasteiger partial charge on any atom is 0.164 e. The van der Waals surface area contributed by atoms with E-state index in [1.165, 1.54) is 0 Å². The number of nitrogens with zero attached hydrogens (tertiary/aromatic N) is 2. The minimum Gasteiger partial charge on any atom is -0.508 e. The Morgan fingerprint density at radius 1 is 1.00 bits per heavy atom. The Labute approximate surface area is 131 Å². The van der Waals surface area contributed by atoms with E-state index in [2.05, 4.69) is 11.2 Å². The molecule has 23 heavy (non-hydrogen) atoms. The number of benzene rings is 3. The Bertz CT molecular complexity index is 1080. The van der Waals surface area contributed by atoms with Crippen LogP contribution >= 0.6 is 0 Å². The van der Waals surface area contributed by atoms with Crippen LogP contribution in [0, 0.1) is 0 Å². The summed E-state index contributed by atoms with van der Waals surface area (Å²) in [4.78, 5) is 10.4. The van der Waals surface area contributed by atoms with Gasteiger partial charge in [0.1, 0.15) is 11.3 Å². The zero-order chi connectivity index (χ0) is 15.4. The zero-order valence-corrected chi connectivity index (χ0v) is 12.1. The number of para-hydroxylation sites is 1. The summed E-state index contributed by atoms with van der Waals surface area (Å²) in [5, 5.41) is 17.9. The van der Waals surface area contributed by atoms with E-state index in [0.29, 0.717) is 5.75 Å². The van der Waals surface area contributed by atoms with Gasteiger partial charge < -0.3 is 9.94 Å². The fourth-order valence-electron chi connectivity index (χ4n) is 3.38. The highest BCUT2D eigenvalue weighted by Crippen LogP contribution is 2.42. The van der Waals surface area contributed by atoms with Crippen LogP contribution in [0.4, 0.5) is 0 Å². The molecular formula is C19H12N2O2. The molecule has 0 aromatic heterocycles. The van der Waals surface area contributed by atoms with Gasteiger partial charge in [0.15, 0.2) is 5.75 Å². The number of phenols is 1. The standard InChI is InChI=1S/C19H12N2O2/c22-14-7-5-12-6-8-17-18(15(12)9-14)19(11-20-23-17)10-13-3-1-2-4-16(13)21-19/h1-11,22H. The first kappa shape index (κ1) is 12.4. The molecule has 2 heterocycles. The molecule has 3 aromatic rings. The molecule has 0 saturated carbocycles. The zero-order valence-electron chi connectivity index (χ0n) is 12.1. The molecule has 0 bridgehead atoms. The van der Waals surface area contributed by atoms with Gasteiger partial charge in [0.2, 0.25) is 0 Å². The van der Waals surface area contributed by atoms with Gasteiger partial charge in [0, 0.05) is 5.56 Å². The number of rotatable bonds is 0. The van der Waals surface area contributed by atoms with E-state index in [1.54, 1.807) is 18.3 Å². The Hall–Kier alpha value is -3.14. The first-order valence-corrected chi connectivity index (χ1v) is 7.41. The van der Waals surface area contributed by atoms with Crippen LogP contribution in [-0.4, -0.2) is 11.3 Å². The van der Waals surface area contributed by atoms with Crippen molar-refractivity contribution in [1.82, 2.24) is 0 Å². The molecule has 3 aromatic carbocycles. The lowest BCUT2D eigenvalue weighted by Gasteiger charge is -2.26. The average molecular weight is 300 g/mol. The van der Waals surface area contributed by atoms with E-state index in [9.17, 15) is 5.11 Å². The molecule has 1 N–H and O–H groups in total. The second kappa shape index (κ2) is 4.20. The molecule has 0 saturated heterocycles. The summed E-state index contributed by atoms with van der Waals surface area (Å²) in [7, 11) is 0. The van der Waals surface area contributed by atoms with Crippen molar-refractivity contribution in [3.8, 4) is 11.5 Å². The highest BCUT2D eigenvalue weighted by molar-refractivity contribution is 5.98. The molecule has 4 heteroatoms. The molecule has 110 valence electrons. The number of oxime groups is 1. The van der Waals surface area contributed by atoms with Gasteiger partial charge in [-0.05, 0) is 46.3 Å². The van der Waals surface area contributed by atoms with Crippen LogP contribution < -0.4 is 15.4 Å². The third-order valence-corrected chi connectivity index (χ3v) is 4.39. The van der Waals surface area contributed by atoms with Crippen LogP contribution in [0.3, 0.4) is 0 Å². The van der Waals surface area contributed by atoms with Crippen LogP contribution in [-0.2, 0) is 5.54 Å². The van der Waals surface area contributed by atoms with Crippen molar-refractivity contribution in [3.63, 3.8) is 0 Å². The third kappa shape index (κ3) is 1.66. The number of aromatic hydroxyl groups is 1. The van der Waals surface area contributed by atoms with Gasteiger partial charge >= 0.3 is 0 Å². The Kier molecular flexibility index (Phi) is 2.26. The van der Waals surface area contributed by atoms with Crippen molar-refractivity contribution in [3.05, 3.63) is 70.7 Å². The molecule has 0 aliphatic carbocycles. The topological polar surface area (TPSA) is 54.2 Å². The molecule has 0 amide bonds. The maximum absolute atomic E-state index is 9.92. The smallest absolute Gasteiger partial charge is 0.164 e. The Morgan fingerprint density at radius 2 is 1.87 bits per heavy atom. The van der Waals surface area contributed by atoms with Gasteiger partial charge in [-0.1, -0.05) is 35.5 Å². The molecule has 2 aliphatic rings. The molecule has 5 rings (SSSR count). The average Bonchev–Trinajstić information content (AvgIpc) is 2.92. The lowest BCUT2D eigenvalue weighted by molar-refractivity contribution is 0.325. The number of hydrogen-bond acceptors (Lipinski definition) is 4. The van der Waals surface area contributed by atoms with Crippen LogP contribution in [0.25, 0.3) is 16.8 Å². The van der Waals surface area contributed by atoms with Crippen LogP contribution in [0.15, 0.2) is 64.7 Å². The number of phenolic OH excluding ortho intramolecular Hbond substituents is 1. The summed E-state index contributed by atoms with van der Waals surface area (Å²) in [6, 6.07) is 17.2. The SMILES string of the molecule is Oc1ccc2ccc3c(c2c1)C1(C=NO3)C=c2ccccc2=N1. The summed E-state index contributed by atoms with van der Waals surface area (Å²) < 4.78 is 0. The summed E-state index contributed by atoms with van der Waals surface area (Å²) in [5.74, 6) is 0.887. The van der Waals surface area contributed by atoms with Crippen molar-refractivity contribution in [2.45, 2.75) is 5.54 Å². The third-order valence-electron chi connectivity index (χ3n) is 4.39. The highest BCUT2D eigenvalue weighted by atomic mass is 16.6. The fraction of sp³-hybridized carbons (Fsp3) is 0.0526. The van der Waals surface area contributed by atoms with Crippen molar-refractivity contribution in [2.24, 2.45) is 10.1 Å². The van der Waals surface area contributed by atoms with E-state index >= 15 is 0 Å². The van der Waals surface area contributed by atoms with Crippen LogP contribution in [0.1, 0.15) is 5.56 Å². The second-order valence-corrected chi connectivity index (χ2v) is 5.81. The first-order chi connectivity index (χ1) is 11.3. The Balaban J connectivity index is 1.92. The van der Waals surface area contributed by atoms with Gasteiger partial charge in [-0.25, -0.2) is 0 Å². The van der Waals surface area contributed by atoms with E-state index in [1.807, 2.05) is 42.5 Å². The normalized spacial score (nSPS) is 20.5. The highest BCUT2D eigenvalue weighted by Gasteiger charge is 2.37. The minimum atomic E-state index is -0.690. The monoisotopic (exact) mass is 300 g/mol. The van der Waals surface area contributed by atoms with E-state index in [4.69, 9.17) is 9.83 Å². The van der Waals surface area contributed by atoms with Crippen LogP contribution in [0.5, 0.6) is 11.5 Å². The Morgan fingerprint density at radius 3 is 2.78 bits per heavy atom. The van der Waals surface area contributed by atoms with Crippen molar-refractivity contribution < 1.29 is 9.94 Å². The molecule has 4 nitrogen and oxygen atoms in total. The molecule has 1 spiro atoms. The van der Waals surface area contributed by atoms with Crippen LogP contribution in [0.2, 0.25) is 0 Å². The molecule has 1 atom stereocenters. The summed E-state index contributed by atoms with van der Waals surface area (Å²) >= 11 is 0. The van der Waals surface area contributed by atoms with Crippen molar-refractivity contribution in [2.75, 3.05) is 0 Å². The van der Waals surface area contributed by atoms with E-state index in [-0.39, 0.29) is 5.75 Å². The quantitative estimate of drug-likeness (QED) is 0.692. The van der Waals surface area contributed by atoms with Gasteiger partial charge in [0.05, 0.1) is 11.6 Å². The molecule has 0 fully saturated rings. The minimum absolute atomic E-state index is 0.221. The summed E-state index contributed by atoms with van der Waals surface area (Å²) in [6.45, 7) is 0. The number of fused-ring (bicyclic) bond motifs is 5. The fourth-order valence-corrected chi connectivity index (χ4v) is 3.38. The van der Waals surface area contributed by atoms with Gasteiger partial charge in [-0.2, -0.15) is 0 Å². The summed E-state index contributed by atoms with van der Waals surface area (Å²) in [5.41, 5.74) is 0.224. The van der Waals surface area contributed by atoms with E-state index in [0.717, 1.165) is 26.9 Å². The summed E-state index contributed by atoms with van der Waals surface area (Å²) in [6.07, 6.45) is 3.81. The predicted molar refractivity (Wildman–Crippen MR) is 88.1 cm³/mol. The van der Waals surface area contributed by atoms with Crippen molar-refractivity contribution in [1.29, 1.82) is 0 Å². The molecular weight excluding hydrogens is 288 g/mol. The molecule has 0 radical (unpaired) electrons. The van der Waals surface area contributed by atoms with Gasteiger partial charge in [-0.15, -0.1) is 0 Å². The van der Waals surface area contributed by atoms with E-state index < -0.39 is 5.54 Å². The maximum atomic E-state index is 9.92. The van der Waals surface area contributed by atoms with Crippen molar-refractivity contribution >= 4 is 23.1 Å². The lowest BCUT2D eigenvalue weighted by atomic mass is 9.86. The predicted octanol–water partition coefficient (Wildman–Crippen LogP) is 2.23. The molecule has 2 aliphatic heterocycles. The largest absolute Gasteiger partial charge is 0.508 e. The van der Waals surface area contributed by atoms with Gasteiger partial charge in [0.25, 0.3) is 0 Å². The molecule has 1 unspecified atom stereocenters. The first-order valence-electron chi connectivity index (χ1n) is 7.41. The van der Waals surface area contributed by atoms with Gasteiger partial charge in [-0.3, -0.25) is 4.99 Å².